The van der Waals surface area contributed by atoms with Gasteiger partial charge in [0.05, 0.1) is 5.69 Å². The Balaban J connectivity index is 0.00000300. The molecule has 0 bridgehead atoms. The van der Waals surface area contributed by atoms with Gasteiger partial charge in [-0.25, -0.2) is 0 Å². The van der Waals surface area contributed by atoms with Crippen LogP contribution in [0.15, 0.2) is 42.5 Å². The molecule has 0 unspecified atom stereocenters. The second-order valence-electron chi connectivity index (χ2n) is 6.82. The van der Waals surface area contributed by atoms with Crippen LogP contribution in [0.1, 0.15) is 40.7 Å². The Bertz CT molecular complexity index is 836. The summed E-state index contributed by atoms with van der Waals surface area (Å²) in [5.74, 6) is 0.107. The van der Waals surface area contributed by atoms with Crippen molar-refractivity contribution in [2.45, 2.75) is 32.2 Å². The first kappa shape index (κ1) is 24.0. The molecular weight excluding hydrogens is 433 g/mol. The van der Waals surface area contributed by atoms with Crippen molar-refractivity contribution in [3.63, 3.8) is 0 Å². The molecule has 0 spiro atoms. The number of Topliss-reactive ketones (excluding diaryl/α,β-unsaturated/α-hetero) is 1. The molecule has 2 aromatic carbocycles. The van der Waals surface area contributed by atoms with Gasteiger partial charge in [-0.15, -0.1) is 12.4 Å². The summed E-state index contributed by atoms with van der Waals surface area (Å²) in [6, 6.07) is 13.1. The van der Waals surface area contributed by atoms with Gasteiger partial charge in [0.15, 0.2) is 5.78 Å². The fraction of sp³-hybridized carbons (Fsp3) is 0.350. The number of fused-ring (bicyclic) bond motifs is 1. The van der Waals surface area contributed by atoms with Crippen LogP contribution in [0.25, 0.3) is 0 Å². The third kappa shape index (κ3) is 7.15. The van der Waals surface area contributed by atoms with Crippen LogP contribution in [-0.4, -0.2) is 28.0 Å². The zero-order valence-corrected chi connectivity index (χ0v) is 18.4. The zero-order chi connectivity index (χ0) is 20.0. The molecule has 160 valence electrons. The van der Waals surface area contributed by atoms with Gasteiger partial charge >= 0.3 is 0 Å². The Morgan fingerprint density at radius 1 is 1.14 bits per heavy atom. The molecule has 6 nitrogen and oxygen atoms in total. The Labute approximate surface area is 184 Å². The number of hydrogen-bond acceptors (Lipinski definition) is 6. The number of hydrogen-bond donors (Lipinski definition) is 5. The van der Waals surface area contributed by atoms with Gasteiger partial charge < -0.3 is 5.32 Å². The van der Waals surface area contributed by atoms with Crippen LogP contribution in [0.5, 0.6) is 0 Å². The zero-order valence-electron chi connectivity index (χ0n) is 16.0. The predicted octanol–water partition coefficient (Wildman–Crippen LogP) is 5.04. The quantitative estimate of drug-likeness (QED) is 0.266. The van der Waals surface area contributed by atoms with Crippen molar-refractivity contribution >= 4 is 46.4 Å². The molecule has 1 heterocycles. The van der Waals surface area contributed by atoms with Crippen LogP contribution in [0.3, 0.4) is 0 Å². The maximum Gasteiger partial charge on any atom is 0.162 e. The lowest BCUT2D eigenvalue weighted by Crippen LogP contribution is -2.30. The summed E-state index contributed by atoms with van der Waals surface area (Å²) in [4.78, 5) is 12.4. The average Bonchev–Trinajstić information content (AvgIpc) is 2.67. The van der Waals surface area contributed by atoms with E-state index in [2.05, 4.69) is 14.8 Å². The maximum atomic E-state index is 12.4. The van der Waals surface area contributed by atoms with E-state index in [1.807, 2.05) is 30.3 Å². The van der Waals surface area contributed by atoms with Crippen LogP contribution >= 0.6 is 35.0 Å². The fourth-order valence-electron chi connectivity index (χ4n) is 3.11. The molecule has 0 saturated heterocycles. The van der Waals surface area contributed by atoms with E-state index in [0.29, 0.717) is 24.2 Å². The van der Waals surface area contributed by atoms with Gasteiger partial charge in [0, 0.05) is 23.6 Å². The SMILES string of the molecule is Cl.O=C(CCCCNCCc1ccccc1Cl)c1ccc2c(c1)CNS(O)(O)N2. The number of carbonyl (C=O) groups is 1. The summed E-state index contributed by atoms with van der Waals surface area (Å²) in [5, 5.41) is 4.19. The van der Waals surface area contributed by atoms with Crippen LogP contribution in [-0.2, 0) is 13.0 Å². The largest absolute Gasteiger partial charge is 0.316 e. The molecule has 0 saturated carbocycles. The Kier molecular flexibility index (Phi) is 9.23. The molecule has 0 radical (unpaired) electrons. The predicted molar refractivity (Wildman–Crippen MR) is 123 cm³/mol. The summed E-state index contributed by atoms with van der Waals surface area (Å²) < 4.78 is 24.5. The first-order valence-electron chi connectivity index (χ1n) is 9.35. The Morgan fingerprint density at radius 2 is 1.93 bits per heavy atom. The highest BCUT2D eigenvalue weighted by Crippen LogP contribution is 2.40. The highest BCUT2D eigenvalue weighted by atomic mass is 35.5. The van der Waals surface area contributed by atoms with E-state index < -0.39 is 11.0 Å². The number of halogens is 2. The van der Waals surface area contributed by atoms with E-state index in [1.165, 1.54) is 0 Å². The molecule has 0 aromatic heterocycles. The molecule has 0 atom stereocenters. The topological polar surface area (TPSA) is 93.6 Å². The van der Waals surface area contributed by atoms with E-state index in [0.717, 1.165) is 48.5 Å². The smallest absolute Gasteiger partial charge is 0.162 e. The van der Waals surface area contributed by atoms with Gasteiger partial charge in [0.1, 0.15) is 0 Å². The number of carbonyl (C=O) groups excluding carboxylic acids is 1. The van der Waals surface area contributed by atoms with Crippen molar-refractivity contribution in [1.82, 2.24) is 10.0 Å². The minimum atomic E-state index is -2.97. The lowest BCUT2D eigenvalue weighted by atomic mass is 10.0. The second-order valence-corrected chi connectivity index (χ2v) is 8.81. The molecule has 9 heteroatoms. The molecule has 2 aromatic rings. The first-order chi connectivity index (χ1) is 13.4. The molecule has 0 fully saturated rings. The van der Waals surface area contributed by atoms with Crippen molar-refractivity contribution in [2.24, 2.45) is 0 Å². The lowest BCUT2D eigenvalue weighted by molar-refractivity contribution is 0.0979. The van der Waals surface area contributed by atoms with Gasteiger partial charge in [-0.3, -0.25) is 18.6 Å². The van der Waals surface area contributed by atoms with Gasteiger partial charge in [-0.2, -0.15) is 4.72 Å². The maximum absolute atomic E-state index is 12.4. The summed E-state index contributed by atoms with van der Waals surface area (Å²) in [7, 11) is -2.97. The molecule has 0 amide bonds. The third-order valence-corrected chi connectivity index (χ3v) is 6.10. The number of anilines is 1. The van der Waals surface area contributed by atoms with Crippen molar-refractivity contribution in [2.75, 3.05) is 17.8 Å². The van der Waals surface area contributed by atoms with Gasteiger partial charge in [0.2, 0.25) is 0 Å². The van der Waals surface area contributed by atoms with E-state index in [-0.39, 0.29) is 18.2 Å². The van der Waals surface area contributed by atoms with Crippen LogP contribution < -0.4 is 14.8 Å². The lowest BCUT2D eigenvalue weighted by Gasteiger charge is -2.38. The van der Waals surface area contributed by atoms with Crippen LogP contribution in [0.2, 0.25) is 5.02 Å². The van der Waals surface area contributed by atoms with Gasteiger partial charge in [-0.1, -0.05) is 40.8 Å². The van der Waals surface area contributed by atoms with E-state index in [4.69, 9.17) is 11.6 Å². The van der Waals surface area contributed by atoms with Gasteiger partial charge in [-0.05, 0) is 67.7 Å². The van der Waals surface area contributed by atoms with Crippen molar-refractivity contribution in [1.29, 1.82) is 0 Å². The van der Waals surface area contributed by atoms with E-state index in [9.17, 15) is 13.9 Å². The summed E-state index contributed by atoms with van der Waals surface area (Å²) >= 11 is 6.14. The molecule has 0 aliphatic carbocycles. The van der Waals surface area contributed by atoms with Crippen LogP contribution in [0, 0.1) is 0 Å². The summed E-state index contributed by atoms with van der Waals surface area (Å²) in [6.45, 7) is 2.05. The summed E-state index contributed by atoms with van der Waals surface area (Å²) in [5.41, 5.74) is 3.31. The van der Waals surface area contributed by atoms with E-state index in [1.54, 1.807) is 12.1 Å². The standard InChI is InChI=1S/C20H26ClN3O3S.ClH/c21-18-6-2-1-5-15(18)10-12-22-11-4-3-7-20(25)16-8-9-19-17(13-16)14-23-28(26,27)24-19;/h1-2,5-6,8-9,13,22-24,26-27H,3-4,7,10-12,14H2;1H. The molecular formula is C20H27Cl2N3O3S. The highest BCUT2D eigenvalue weighted by Gasteiger charge is 2.21. The third-order valence-electron chi connectivity index (χ3n) is 4.68. The van der Waals surface area contributed by atoms with Crippen molar-refractivity contribution < 1.29 is 13.9 Å². The van der Waals surface area contributed by atoms with Crippen LogP contribution in [0.4, 0.5) is 5.69 Å². The number of nitrogens with one attached hydrogen (secondary N) is 3. The number of benzene rings is 2. The monoisotopic (exact) mass is 459 g/mol. The molecule has 29 heavy (non-hydrogen) atoms. The van der Waals surface area contributed by atoms with Crippen molar-refractivity contribution in [3.05, 3.63) is 64.2 Å². The normalized spacial score (nSPS) is 15.6. The average molecular weight is 460 g/mol. The van der Waals surface area contributed by atoms with Gasteiger partial charge in [0.25, 0.3) is 0 Å². The highest BCUT2D eigenvalue weighted by molar-refractivity contribution is 8.23. The molecule has 5 N–H and O–H groups in total. The second kappa shape index (κ2) is 11.2. The number of rotatable bonds is 9. The number of unbranched alkanes of at least 4 members (excludes halogenated alkanes) is 1. The minimum Gasteiger partial charge on any atom is -0.316 e. The van der Waals surface area contributed by atoms with E-state index >= 15 is 0 Å². The van der Waals surface area contributed by atoms with Crippen molar-refractivity contribution in [3.8, 4) is 0 Å². The molecule has 3 rings (SSSR count). The summed E-state index contributed by atoms with van der Waals surface area (Å²) in [6.07, 6.45) is 3.15. The minimum absolute atomic E-state index is 0. The Hall–Kier alpha value is -1.32. The first-order valence-corrected chi connectivity index (χ1v) is 11.3. The Morgan fingerprint density at radius 3 is 2.72 bits per heavy atom. The number of ketones is 1. The fourth-order valence-corrected chi connectivity index (χ4v) is 4.27. The molecule has 1 aliphatic rings. The molecule has 1 aliphatic heterocycles.